The number of nitrogens with zero attached hydrogens (tertiary/aromatic N) is 2. The minimum absolute atomic E-state index is 0.0427. The number of carbonyl (C=O) groups is 2. The van der Waals surface area contributed by atoms with E-state index in [1.165, 1.54) is 5.56 Å². The van der Waals surface area contributed by atoms with Gasteiger partial charge in [-0.3, -0.25) is 9.59 Å². The first-order valence-corrected chi connectivity index (χ1v) is 11.2. The van der Waals surface area contributed by atoms with Crippen LogP contribution < -0.4 is 5.32 Å². The maximum Gasteiger partial charge on any atom is 0.253 e. The standard InChI is InChI=1S/C26H29N3O3/c1-3-27-25(31)26(14-7-15-29(18-26)24(30)21-8-5-4-6-9-21)17-22-16-23(28-32-22)20-12-10-19(2)11-13-20/h4-6,8-13,16H,3,7,14-15,17-18H2,1-2H3,(H,27,31). The number of nitrogens with one attached hydrogen (secondary N) is 1. The Labute approximate surface area is 188 Å². The summed E-state index contributed by atoms with van der Waals surface area (Å²) in [6.07, 6.45) is 1.85. The maximum atomic E-state index is 13.2. The molecule has 0 radical (unpaired) electrons. The first-order chi connectivity index (χ1) is 15.5. The molecule has 1 saturated heterocycles. The molecular formula is C26H29N3O3. The number of aromatic nitrogens is 1. The van der Waals surface area contributed by atoms with Gasteiger partial charge >= 0.3 is 0 Å². The molecule has 4 rings (SSSR count). The summed E-state index contributed by atoms with van der Waals surface area (Å²) >= 11 is 0. The number of hydrogen-bond acceptors (Lipinski definition) is 4. The van der Waals surface area contributed by atoms with Crippen molar-refractivity contribution in [2.24, 2.45) is 5.41 Å². The fourth-order valence-corrected chi connectivity index (χ4v) is 4.42. The molecule has 1 unspecified atom stereocenters. The molecular weight excluding hydrogens is 402 g/mol. The van der Waals surface area contributed by atoms with Crippen molar-refractivity contribution < 1.29 is 14.1 Å². The highest BCUT2D eigenvalue weighted by molar-refractivity contribution is 5.95. The van der Waals surface area contributed by atoms with Gasteiger partial charge in [0.2, 0.25) is 5.91 Å². The van der Waals surface area contributed by atoms with Crippen LogP contribution in [-0.2, 0) is 11.2 Å². The zero-order chi connectivity index (χ0) is 22.6. The van der Waals surface area contributed by atoms with Gasteiger partial charge in [0.25, 0.3) is 5.91 Å². The van der Waals surface area contributed by atoms with Gasteiger partial charge in [-0.05, 0) is 38.8 Å². The molecule has 1 fully saturated rings. The first kappa shape index (κ1) is 21.8. The van der Waals surface area contributed by atoms with E-state index in [-0.39, 0.29) is 11.8 Å². The Balaban J connectivity index is 1.59. The van der Waals surface area contributed by atoms with Gasteiger partial charge in [-0.15, -0.1) is 0 Å². The van der Waals surface area contributed by atoms with Crippen molar-refractivity contribution in [1.82, 2.24) is 15.4 Å². The predicted octanol–water partition coefficient (Wildman–Crippen LogP) is 4.25. The quantitative estimate of drug-likeness (QED) is 0.633. The zero-order valence-electron chi connectivity index (χ0n) is 18.6. The van der Waals surface area contributed by atoms with Crippen LogP contribution in [0.5, 0.6) is 0 Å². The Bertz CT molecular complexity index is 1080. The topological polar surface area (TPSA) is 75.4 Å². The zero-order valence-corrected chi connectivity index (χ0v) is 18.6. The van der Waals surface area contributed by atoms with Crippen LogP contribution in [0.4, 0.5) is 0 Å². The summed E-state index contributed by atoms with van der Waals surface area (Å²) in [5, 5.41) is 7.21. The normalized spacial score (nSPS) is 18.4. The van der Waals surface area contributed by atoms with E-state index in [9.17, 15) is 9.59 Å². The smallest absolute Gasteiger partial charge is 0.253 e. The van der Waals surface area contributed by atoms with Crippen molar-refractivity contribution in [1.29, 1.82) is 0 Å². The maximum absolute atomic E-state index is 13.2. The molecule has 1 aromatic heterocycles. The number of amides is 2. The van der Waals surface area contributed by atoms with Crippen LogP contribution in [0.25, 0.3) is 11.3 Å². The molecule has 0 spiro atoms. The van der Waals surface area contributed by atoms with Gasteiger partial charge in [0.05, 0.1) is 5.41 Å². The monoisotopic (exact) mass is 431 g/mol. The molecule has 2 heterocycles. The Kier molecular flexibility index (Phi) is 6.40. The number of likely N-dealkylation sites (tertiary alicyclic amines) is 1. The molecule has 0 saturated carbocycles. The van der Waals surface area contributed by atoms with E-state index in [1.54, 1.807) is 4.90 Å². The average molecular weight is 432 g/mol. The van der Waals surface area contributed by atoms with E-state index in [0.717, 1.165) is 17.7 Å². The Morgan fingerprint density at radius 2 is 1.88 bits per heavy atom. The molecule has 6 heteroatoms. The number of benzene rings is 2. The van der Waals surface area contributed by atoms with E-state index in [2.05, 4.69) is 10.5 Å². The highest BCUT2D eigenvalue weighted by Crippen LogP contribution is 2.36. The van der Waals surface area contributed by atoms with Crippen molar-refractivity contribution in [2.75, 3.05) is 19.6 Å². The molecule has 166 valence electrons. The fourth-order valence-electron chi connectivity index (χ4n) is 4.42. The van der Waals surface area contributed by atoms with E-state index in [1.807, 2.05) is 74.5 Å². The molecule has 1 atom stereocenters. The van der Waals surface area contributed by atoms with E-state index in [0.29, 0.717) is 43.8 Å². The lowest BCUT2D eigenvalue weighted by molar-refractivity contribution is -0.133. The molecule has 3 aromatic rings. The van der Waals surface area contributed by atoms with E-state index >= 15 is 0 Å². The molecule has 1 aliphatic heterocycles. The van der Waals surface area contributed by atoms with Crippen LogP contribution in [0.3, 0.4) is 0 Å². The predicted molar refractivity (Wildman–Crippen MR) is 123 cm³/mol. The van der Waals surface area contributed by atoms with Crippen LogP contribution in [0.1, 0.15) is 41.4 Å². The van der Waals surface area contributed by atoms with Crippen molar-refractivity contribution >= 4 is 11.8 Å². The second-order valence-corrected chi connectivity index (χ2v) is 8.56. The van der Waals surface area contributed by atoms with E-state index in [4.69, 9.17) is 4.52 Å². The second-order valence-electron chi connectivity index (χ2n) is 8.56. The summed E-state index contributed by atoms with van der Waals surface area (Å²) in [4.78, 5) is 28.1. The van der Waals surface area contributed by atoms with Gasteiger partial charge in [-0.2, -0.15) is 0 Å². The van der Waals surface area contributed by atoms with Crippen LogP contribution in [0, 0.1) is 12.3 Å². The number of aryl methyl sites for hydroxylation is 1. The Morgan fingerprint density at radius 3 is 2.59 bits per heavy atom. The Hall–Kier alpha value is -3.41. The molecule has 6 nitrogen and oxygen atoms in total. The van der Waals surface area contributed by atoms with Crippen molar-refractivity contribution in [3.05, 3.63) is 77.6 Å². The minimum Gasteiger partial charge on any atom is -0.361 e. The number of piperidine rings is 1. The van der Waals surface area contributed by atoms with Crippen LogP contribution in [0.2, 0.25) is 0 Å². The third-order valence-corrected chi connectivity index (χ3v) is 6.12. The van der Waals surface area contributed by atoms with Gasteiger partial charge in [0.1, 0.15) is 11.5 Å². The fraction of sp³-hybridized carbons (Fsp3) is 0.346. The highest BCUT2D eigenvalue weighted by Gasteiger charge is 2.44. The minimum atomic E-state index is -0.747. The van der Waals surface area contributed by atoms with Crippen molar-refractivity contribution in [3.8, 4) is 11.3 Å². The number of carbonyl (C=O) groups excluding carboxylic acids is 2. The Morgan fingerprint density at radius 1 is 1.12 bits per heavy atom. The van der Waals surface area contributed by atoms with Crippen LogP contribution in [0.15, 0.2) is 65.2 Å². The first-order valence-electron chi connectivity index (χ1n) is 11.2. The third kappa shape index (κ3) is 4.59. The molecule has 32 heavy (non-hydrogen) atoms. The third-order valence-electron chi connectivity index (χ3n) is 6.12. The number of rotatable bonds is 6. The van der Waals surface area contributed by atoms with Crippen molar-refractivity contribution in [2.45, 2.75) is 33.1 Å². The van der Waals surface area contributed by atoms with Crippen molar-refractivity contribution in [3.63, 3.8) is 0 Å². The van der Waals surface area contributed by atoms with Gasteiger partial charge in [-0.1, -0.05) is 53.2 Å². The summed E-state index contributed by atoms with van der Waals surface area (Å²) in [6.45, 7) is 5.48. The van der Waals surface area contributed by atoms with Crippen LogP contribution >= 0.6 is 0 Å². The van der Waals surface area contributed by atoms with Crippen LogP contribution in [-0.4, -0.2) is 41.5 Å². The second kappa shape index (κ2) is 9.39. The SMILES string of the molecule is CCNC(=O)C1(Cc2cc(-c3ccc(C)cc3)no2)CCCN(C(=O)c2ccccc2)C1. The largest absolute Gasteiger partial charge is 0.361 e. The van der Waals surface area contributed by atoms with Gasteiger partial charge < -0.3 is 14.7 Å². The lowest BCUT2D eigenvalue weighted by Gasteiger charge is -2.41. The summed E-state index contributed by atoms with van der Waals surface area (Å²) in [5.74, 6) is 0.566. The molecule has 2 aromatic carbocycles. The van der Waals surface area contributed by atoms with Gasteiger partial charge in [0.15, 0.2) is 0 Å². The molecule has 1 aliphatic rings. The number of hydrogen-bond donors (Lipinski definition) is 1. The summed E-state index contributed by atoms with van der Waals surface area (Å²) in [6, 6.07) is 19.2. The highest BCUT2D eigenvalue weighted by atomic mass is 16.5. The van der Waals surface area contributed by atoms with E-state index < -0.39 is 5.41 Å². The summed E-state index contributed by atoms with van der Waals surface area (Å²) in [7, 11) is 0. The van der Waals surface area contributed by atoms with Gasteiger partial charge in [0, 0.05) is 43.2 Å². The molecule has 0 bridgehead atoms. The molecule has 2 amide bonds. The summed E-state index contributed by atoms with van der Waals surface area (Å²) < 4.78 is 5.65. The molecule has 0 aliphatic carbocycles. The van der Waals surface area contributed by atoms with Gasteiger partial charge in [-0.25, -0.2) is 0 Å². The average Bonchev–Trinajstić information content (AvgIpc) is 3.28. The summed E-state index contributed by atoms with van der Waals surface area (Å²) in [5.41, 5.74) is 2.79. The lowest BCUT2D eigenvalue weighted by Crippen LogP contribution is -2.54. The lowest BCUT2D eigenvalue weighted by atomic mass is 9.75. The molecule has 1 N–H and O–H groups in total.